The molecular weight excluding hydrogens is 400 g/mol. The number of rotatable bonds is 7. The summed E-state index contributed by atoms with van der Waals surface area (Å²) in [4.78, 5) is 25.6. The Morgan fingerprint density at radius 3 is 1.94 bits per heavy atom. The number of carbonyl (C=O) groups excluding carboxylic acids is 2. The molecule has 0 aromatic heterocycles. The highest BCUT2D eigenvalue weighted by Gasteiger charge is 2.19. The minimum Gasteiger partial charge on any atom is -0.422 e. The first-order chi connectivity index (χ1) is 15.7. The fraction of sp³-hybridized carbons (Fsp3) is 0.143. The van der Waals surface area contributed by atoms with E-state index in [9.17, 15) is 9.59 Å². The average molecular weight is 424 g/mol. The Kier molecular flexibility index (Phi) is 6.61. The molecule has 0 N–H and O–H groups in total. The summed E-state index contributed by atoms with van der Waals surface area (Å²) < 4.78 is 11.7. The predicted molar refractivity (Wildman–Crippen MR) is 125 cm³/mol. The molecule has 0 bridgehead atoms. The van der Waals surface area contributed by atoms with Crippen LogP contribution < -0.4 is 9.47 Å². The highest BCUT2D eigenvalue weighted by molar-refractivity contribution is 6.01. The van der Waals surface area contributed by atoms with Gasteiger partial charge in [0, 0.05) is 0 Å². The van der Waals surface area contributed by atoms with Gasteiger partial charge in [-0.15, -0.1) is 0 Å². The first kappa shape index (κ1) is 21.3. The minimum atomic E-state index is -0.461. The number of esters is 2. The van der Waals surface area contributed by atoms with E-state index in [1.165, 1.54) is 0 Å². The molecule has 4 heteroatoms. The first-order valence-electron chi connectivity index (χ1n) is 10.8. The molecule has 0 aliphatic rings. The van der Waals surface area contributed by atoms with Crippen LogP contribution in [-0.2, 0) is 6.42 Å². The highest BCUT2D eigenvalue weighted by Crippen LogP contribution is 2.38. The molecule has 0 amide bonds. The van der Waals surface area contributed by atoms with E-state index in [-0.39, 0.29) is 0 Å². The van der Waals surface area contributed by atoms with Gasteiger partial charge in [0.25, 0.3) is 0 Å². The van der Waals surface area contributed by atoms with Crippen molar-refractivity contribution in [3.8, 4) is 11.5 Å². The lowest BCUT2D eigenvalue weighted by Gasteiger charge is -2.16. The van der Waals surface area contributed by atoms with Crippen molar-refractivity contribution in [2.75, 3.05) is 0 Å². The molecule has 32 heavy (non-hydrogen) atoms. The minimum absolute atomic E-state index is 0.366. The molecule has 0 aliphatic heterocycles. The van der Waals surface area contributed by atoms with Crippen molar-refractivity contribution in [3.63, 3.8) is 0 Å². The molecule has 4 aromatic rings. The Morgan fingerprint density at radius 1 is 0.688 bits per heavy atom. The van der Waals surface area contributed by atoms with Crippen molar-refractivity contribution in [2.45, 2.75) is 26.2 Å². The van der Waals surface area contributed by atoms with E-state index >= 15 is 0 Å². The molecular formula is C28H24O4. The Balaban J connectivity index is 1.79. The molecule has 0 aliphatic carbocycles. The summed E-state index contributed by atoms with van der Waals surface area (Å²) in [5.74, 6) is -0.0933. The van der Waals surface area contributed by atoms with Gasteiger partial charge in [-0.25, -0.2) is 9.59 Å². The van der Waals surface area contributed by atoms with Gasteiger partial charge in [0.2, 0.25) is 0 Å². The third-order valence-electron chi connectivity index (χ3n) is 5.26. The maximum absolute atomic E-state index is 12.9. The molecule has 4 rings (SSSR count). The summed E-state index contributed by atoms with van der Waals surface area (Å²) >= 11 is 0. The average Bonchev–Trinajstić information content (AvgIpc) is 2.84. The Hall–Kier alpha value is -3.92. The zero-order valence-corrected chi connectivity index (χ0v) is 17.9. The Labute approximate surface area is 187 Å². The summed E-state index contributed by atoms with van der Waals surface area (Å²) in [7, 11) is 0. The fourth-order valence-corrected chi connectivity index (χ4v) is 3.58. The van der Waals surface area contributed by atoms with E-state index in [0.717, 1.165) is 30.2 Å². The van der Waals surface area contributed by atoms with Gasteiger partial charge < -0.3 is 9.47 Å². The molecule has 4 nitrogen and oxygen atoms in total. The molecule has 0 atom stereocenters. The molecule has 0 unspecified atom stereocenters. The molecule has 0 fully saturated rings. The number of unbranched alkanes of at least 4 members (excludes halogenated alkanes) is 1. The summed E-state index contributed by atoms with van der Waals surface area (Å²) in [6.07, 6.45) is 2.72. The van der Waals surface area contributed by atoms with Gasteiger partial charge in [-0.2, -0.15) is 0 Å². The molecule has 160 valence electrons. The summed E-state index contributed by atoms with van der Waals surface area (Å²) in [5.41, 5.74) is 1.83. The largest absolute Gasteiger partial charge is 0.422 e. The Bertz CT molecular complexity index is 1230. The van der Waals surface area contributed by atoms with Crippen molar-refractivity contribution >= 4 is 22.7 Å². The van der Waals surface area contributed by atoms with Crippen molar-refractivity contribution in [1.29, 1.82) is 0 Å². The fourth-order valence-electron chi connectivity index (χ4n) is 3.58. The topological polar surface area (TPSA) is 52.6 Å². The monoisotopic (exact) mass is 424 g/mol. The van der Waals surface area contributed by atoms with Crippen LogP contribution in [-0.4, -0.2) is 11.9 Å². The number of ether oxygens (including phenoxy) is 2. The number of aryl methyl sites for hydroxylation is 1. The van der Waals surface area contributed by atoms with E-state index in [2.05, 4.69) is 6.92 Å². The smallest absolute Gasteiger partial charge is 0.343 e. The predicted octanol–water partition coefficient (Wildman–Crippen LogP) is 6.62. The third-order valence-corrected chi connectivity index (χ3v) is 5.26. The summed E-state index contributed by atoms with van der Waals surface area (Å²) in [5, 5.41) is 1.45. The lowest BCUT2D eigenvalue weighted by atomic mass is 10.0. The molecule has 4 aromatic carbocycles. The number of benzene rings is 4. The maximum Gasteiger partial charge on any atom is 0.343 e. The normalized spacial score (nSPS) is 10.7. The summed E-state index contributed by atoms with van der Waals surface area (Å²) in [6, 6.07) is 27.1. The van der Waals surface area contributed by atoms with Crippen molar-refractivity contribution in [1.82, 2.24) is 0 Å². The van der Waals surface area contributed by atoms with Gasteiger partial charge in [0.15, 0.2) is 0 Å². The Morgan fingerprint density at radius 2 is 1.31 bits per heavy atom. The van der Waals surface area contributed by atoms with Gasteiger partial charge in [0.1, 0.15) is 11.5 Å². The number of carbonyl (C=O) groups is 2. The van der Waals surface area contributed by atoms with E-state index in [4.69, 9.17) is 9.47 Å². The van der Waals surface area contributed by atoms with E-state index in [0.29, 0.717) is 28.0 Å². The maximum atomic E-state index is 12.9. The lowest BCUT2D eigenvalue weighted by molar-refractivity contribution is 0.0735. The van der Waals surface area contributed by atoms with Crippen LogP contribution in [0.4, 0.5) is 0 Å². The summed E-state index contributed by atoms with van der Waals surface area (Å²) in [6.45, 7) is 2.11. The van der Waals surface area contributed by atoms with Crippen LogP contribution in [0.25, 0.3) is 10.8 Å². The van der Waals surface area contributed by atoms with Crippen LogP contribution in [0.15, 0.2) is 91.0 Å². The van der Waals surface area contributed by atoms with Gasteiger partial charge in [0.05, 0.1) is 16.5 Å². The van der Waals surface area contributed by atoms with Gasteiger partial charge in [-0.05, 0) is 54.1 Å². The molecule has 0 saturated heterocycles. The van der Waals surface area contributed by atoms with Crippen LogP contribution >= 0.6 is 0 Å². The SMILES string of the molecule is CCCCc1ccc2cccc(OC(=O)c3ccccc3)c2c1OC(=O)c1ccccc1. The van der Waals surface area contributed by atoms with E-state index in [1.54, 1.807) is 54.6 Å². The molecule has 0 radical (unpaired) electrons. The van der Waals surface area contributed by atoms with Crippen molar-refractivity contribution in [3.05, 3.63) is 108 Å². The van der Waals surface area contributed by atoms with Crippen LogP contribution in [0.2, 0.25) is 0 Å². The van der Waals surface area contributed by atoms with Gasteiger partial charge in [-0.1, -0.05) is 74.0 Å². The van der Waals surface area contributed by atoms with Gasteiger partial charge in [-0.3, -0.25) is 0 Å². The second-order valence-electron chi connectivity index (χ2n) is 7.52. The second-order valence-corrected chi connectivity index (χ2v) is 7.52. The number of fused-ring (bicyclic) bond motifs is 1. The number of hydrogen-bond donors (Lipinski definition) is 0. The van der Waals surface area contributed by atoms with Crippen molar-refractivity contribution < 1.29 is 19.1 Å². The zero-order chi connectivity index (χ0) is 22.3. The molecule has 0 heterocycles. The van der Waals surface area contributed by atoms with Crippen LogP contribution in [0.1, 0.15) is 46.0 Å². The standard InChI is InChI=1S/C28H24O4/c1-2-3-11-21-19-18-20-16-10-17-24(31-27(29)22-12-6-4-7-13-22)25(20)26(21)32-28(30)23-14-8-5-9-15-23/h4-10,12-19H,2-3,11H2,1H3. The zero-order valence-electron chi connectivity index (χ0n) is 17.9. The van der Waals surface area contributed by atoms with E-state index < -0.39 is 11.9 Å². The first-order valence-corrected chi connectivity index (χ1v) is 10.8. The molecule has 0 spiro atoms. The van der Waals surface area contributed by atoms with Crippen molar-refractivity contribution in [2.24, 2.45) is 0 Å². The van der Waals surface area contributed by atoms with Crippen LogP contribution in [0, 0.1) is 0 Å². The number of hydrogen-bond acceptors (Lipinski definition) is 4. The second kappa shape index (κ2) is 9.92. The third kappa shape index (κ3) is 4.70. The molecule has 0 saturated carbocycles. The van der Waals surface area contributed by atoms with E-state index in [1.807, 2.05) is 36.4 Å². The quantitative estimate of drug-likeness (QED) is 0.247. The highest BCUT2D eigenvalue weighted by atomic mass is 16.5. The van der Waals surface area contributed by atoms with Crippen LogP contribution in [0.3, 0.4) is 0 Å². The lowest BCUT2D eigenvalue weighted by Crippen LogP contribution is -2.12. The van der Waals surface area contributed by atoms with Crippen LogP contribution in [0.5, 0.6) is 11.5 Å². The van der Waals surface area contributed by atoms with Gasteiger partial charge >= 0.3 is 11.9 Å².